The second-order valence-corrected chi connectivity index (χ2v) is 7.37. The zero-order chi connectivity index (χ0) is 16.2. The van der Waals surface area contributed by atoms with Crippen molar-refractivity contribution in [3.63, 3.8) is 0 Å². The van der Waals surface area contributed by atoms with Gasteiger partial charge in [-0.2, -0.15) is 0 Å². The molecule has 0 spiro atoms. The third-order valence-electron chi connectivity index (χ3n) is 3.60. The van der Waals surface area contributed by atoms with Gasteiger partial charge in [0.2, 0.25) is 10.0 Å². The van der Waals surface area contributed by atoms with Crippen LogP contribution in [0.15, 0.2) is 23.1 Å². The normalized spacial score (nSPS) is 18.1. The van der Waals surface area contributed by atoms with Crippen molar-refractivity contribution in [1.29, 1.82) is 0 Å². The van der Waals surface area contributed by atoms with Crippen LogP contribution in [0.1, 0.15) is 23.2 Å². The molecule has 6 nitrogen and oxygen atoms in total. The Labute approximate surface area is 147 Å². The molecular formula is C14H20Cl2N2O4S. The fourth-order valence-electron chi connectivity index (χ4n) is 2.41. The smallest absolute Gasteiger partial charge is 0.339 e. The van der Waals surface area contributed by atoms with Gasteiger partial charge in [-0.25, -0.2) is 17.9 Å². The van der Waals surface area contributed by atoms with Gasteiger partial charge < -0.3 is 10.1 Å². The molecule has 2 rings (SSSR count). The largest absolute Gasteiger partial charge is 0.465 e. The van der Waals surface area contributed by atoms with Crippen LogP contribution in [0.4, 0.5) is 0 Å². The Hall–Kier alpha value is -0.860. The van der Waals surface area contributed by atoms with Gasteiger partial charge in [0.15, 0.2) is 0 Å². The number of ether oxygens (including phenoxy) is 1. The monoisotopic (exact) mass is 382 g/mol. The Bertz CT molecular complexity index is 646. The van der Waals surface area contributed by atoms with Crippen LogP contribution in [0, 0.1) is 5.92 Å². The second-order valence-electron chi connectivity index (χ2n) is 5.20. The zero-order valence-corrected chi connectivity index (χ0v) is 15.1. The maximum atomic E-state index is 12.4. The van der Waals surface area contributed by atoms with E-state index in [0.717, 1.165) is 25.9 Å². The molecule has 0 saturated carbocycles. The first-order chi connectivity index (χ1) is 10.4. The van der Waals surface area contributed by atoms with Crippen molar-refractivity contribution in [2.75, 3.05) is 26.7 Å². The fraction of sp³-hybridized carbons (Fsp3) is 0.500. The number of nitrogens with one attached hydrogen (secondary N) is 2. The molecule has 1 heterocycles. The van der Waals surface area contributed by atoms with Crippen LogP contribution in [0.25, 0.3) is 0 Å². The number of halogens is 2. The molecule has 1 unspecified atom stereocenters. The Morgan fingerprint density at radius 2 is 2.22 bits per heavy atom. The third-order valence-corrected chi connectivity index (χ3v) is 5.31. The summed E-state index contributed by atoms with van der Waals surface area (Å²) in [6.45, 7) is 2.08. The highest BCUT2D eigenvalue weighted by atomic mass is 35.5. The highest BCUT2D eigenvalue weighted by Crippen LogP contribution is 2.21. The number of methoxy groups -OCH3 is 1. The number of rotatable bonds is 5. The van der Waals surface area contributed by atoms with E-state index in [9.17, 15) is 13.2 Å². The summed E-state index contributed by atoms with van der Waals surface area (Å²) in [4.78, 5) is 11.6. The van der Waals surface area contributed by atoms with E-state index in [1.54, 1.807) is 0 Å². The summed E-state index contributed by atoms with van der Waals surface area (Å²) >= 11 is 5.84. The lowest BCUT2D eigenvalue weighted by Crippen LogP contribution is -2.38. The summed E-state index contributed by atoms with van der Waals surface area (Å²) in [5, 5.41) is 3.50. The van der Waals surface area contributed by atoms with E-state index < -0.39 is 16.0 Å². The standard InChI is InChI=1S/C14H19ClN2O4S.ClH/c1-21-14(18)12-7-11(15)4-5-13(12)22(19,20)17-9-10-3-2-6-16-8-10;/h4-5,7,10,16-17H,2-3,6,8-9H2,1H3;1H. The van der Waals surface area contributed by atoms with Crippen molar-refractivity contribution in [2.24, 2.45) is 5.92 Å². The van der Waals surface area contributed by atoms with E-state index in [4.69, 9.17) is 11.6 Å². The lowest BCUT2D eigenvalue weighted by Gasteiger charge is -2.23. The van der Waals surface area contributed by atoms with E-state index >= 15 is 0 Å². The number of carbonyl (C=O) groups excluding carboxylic acids is 1. The van der Waals surface area contributed by atoms with Gasteiger partial charge in [0.1, 0.15) is 0 Å². The molecular weight excluding hydrogens is 363 g/mol. The minimum Gasteiger partial charge on any atom is -0.465 e. The molecule has 1 fully saturated rings. The number of hydrogen-bond acceptors (Lipinski definition) is 5. The lowest BCUT2D eigenvalue weighted by atomic mass is 10.0. The molecule has 0 radical (unpaired) electrons. The van der Waals surface area contributed by atoms with Gasteiger partial charge in [-0.05, 0) is 50.0 Å². The molecule has 0 bridgehead atoms. The van der Waals surface area contributed by atoms with E-state index in [-0.39, 0.29) is 33.8 Å². The molecule has 130 valence electrons. The highest BCUT2D eigenvalue weighted by molar-refractivity contribution is 7.89. The molecule has 0 aliphatic carbocycles. The van der Waals surface area contributed by atoms with Gasteiger partial charge in [-0.1, -0.05) is 11.6 Å². The number of hydrogen-bond donors (Lipinski definition) is 2. The van der Waals surface area contributed by atoms with Crippen molar-refractivity contribution >= 4 is 40.0 Å². The Kier molecular flexibility index (Phi) is 7.76. The molecule has 1 atom stereocenters. The van der Waals surface area contributed by atoms with Crippen molar-refractivity contribution in [3.05, 3.63) is 28.8 Å². The van der Waals surface area contributed by atoms with Crippen LogP contribution in [0.5, 0.6) is 0 Å². The first-order valence-corrected chi connectivity index (χ1v) is 8.88. The summed E-state index contributed by atoms with van der Waals surface area (Å²) in [5.41, 5.74) is -0.0655. The average molecular weight is 383 g/mol. The average Bonchev–Trinajstić information content (AvgIpc) is 2.53. The lowest BCUT2D eigenvalue weighted by molar-refractivity contribution is 0.0596. The molecule has 23 heavy (non-hydrogen) atoms. The van der Waals surface area contributed by atoms with E-state index in [1.165, 1.54) is 25.3 Å². The van der Waals surface area contributed by atoms with Crippen LogP contribution in [-0.4, -0.2) is 41.1 Å². The summed E-state index contributed by atoms with van der Waals surface area (Å²) in [6, 6.07) is 4.05. The molecule has 1 aromatic rings. The van der Waals surface area contributed by atoms with Gasteiger partial charge >= 0.3 is 5.97 Å². The Balaban J connectivity index is 0.00000264. The number of piperidine rings is 1. The number of benzene rings is 1. The van der Waals surface area contributed by atoms with Crippen LogP contribution in [0.3, 0.4) is 0 Å². The van der Waals surface area contributed by atoms with Gasteiger partial charge in [0, 0.05) is 11.6 Å². The molecule has 1 aliphatic rings. The van der Waals surface area contributed by atoms with Gasteiger partial charge in [-0.3, -0.25) is 0 Å². The summed E-state index contributed by atoms with van der Waals surface area (Å²) in [6.07, 6.45) is 2.00. The number of carbonyl (C=O) groups is 1. The molecule has 0 amide bonds. The van der Waals surface area contributed by atoms with Crippen LogP contribution >= 0.6 is 24.0 Å². The number of esters is 1. The highest BCUT2D eigenvalue weighted by Gasteiger charge is 2.24. The van der Waals surface area contributed by atoms with Gasteiger partial charge in [0.05, 0.1) is 17.6 Å². The minimum absolute atomic E-state index is 0. The predicted octanol–water partition coefficient (Wildman–Crippen LogP) is 1.83. The number of sulfonamides is 1. The SMILES string of the molecule is COC(=O)c1cc(Cl)ccc1S(=O)(=O)NCC1CCCNC1.Cl. The summed E-state index contributed by atoms with van der Waals surface area (Å²) in [5.74, 6) is -0.486. The maximum Gasteiger partial charge on any atom is 0.339 e. The van der Waals surface area contributed by atoms with Gasteiger partial charge in [-0.15, -0.1) is 12.4 Å². The van der Waals surface area contributed by atoms with Crippen molar-refractivity contribution in [1.82, 2.24) is 10.0 Å². The van der Waals surface area contributed by atoms with Gasteiger partial charge in [0.25, 0.3) is 0 Å². The molecule has 0 aromatic heterocycles. The Morgan fingerprint density at radius 1 is 1.48 bits per heavy atom. The fourth-order valence-corrected chi connectivity index (χ4v) is 3.87. The molecule has 2 N–H and O–H groups in total. The molecule has 1 aliphatic heterocycles. The second kappa shape index (κ2) is 8.84. The van der Waals surface area contributed by atoms with Crippen LogP contribution < -0.4 is 10.0 Å². The van der Waals surface area contributed by atoms with E-state index in [2.05, 4.69) is 14.8 Å². The quantitative estimate of drug-likeness (QED) is 0.758. The van der Waals surface area contributed by atoms with E-state index in [1.807, 2.05) is 0 Å². The summed E-state index contributed by atoms with van der Waals surface area (Å²) in [7, 11) is -2.60. The Morgan fingerprint density at radius 3 is 2.83 bits per heavy atom. The summed E-state index contributed by atoms with van der Waals surface area (Å²) < 4.78 is 32.1. The van der Waals surface area contributed by atoms with Crippen molar-refractivity contribution < 1.29 is 17.9 Å². The minimum atomic E-state index is -3.80. The molecule has 9 heteroatoms. The predicted molar refractivity (Wildman–Crippen MR) is 90.8 cm³/mol. The maximum absolute atomic E-state index is 12.4. The molecule has 1 saturated heterocycles. The first-order valence-electron chi connectivity index (χ1n) is 7.02. The van der Waals surface area contributed by atoms with Crippen LogP contribution in [0.2, 0.25) is 5.02 Å². The molecule has 1 aromatic carbocycles. The van der Waals surface area contributed by atoms with Crippen LogP contribution in [-0.2, 0) is 14.8 Å². The first kappa shape index (κ1) is 20.2. The van der Waals surface area contributed by atoms with Crippen molar-refractivity contribution in [2.45, 2.75) is 17.7 Å². The topological polar surface area (TPSA) is 84.5 Å². The third kappa shape index (κ3) is 5.32. The van der Waals surface area contributed by atoms with E-state index in [0.29, 0.717) is 6.54 Å². The zero-order valence-electron chi connectivity index (χ0n) is 12.7. The van der Waals surface area contributed by atoms with Crippen molar-refractivity contribution in [3.8, 4) is 0 Å².